The van der Waals surface area contributed by atoms with Crippen LogP contribution in [0.5, 0.6) is 5.75 Å². The topological polar surface area (TPSA) is 64.7 Å². The number of ether oxygens (including phenoxy) is 1. The van der Waals surface area contributed by atoms with Crippen molar-refractivity contribution < 1.29 is 9.53 Å². The molecular weight excluding hydrogens is 354 g/mol. The Labute approximate surface area is 166 Å². The van der Waals surface area contributed by atoms with Crippen molar-refractivity contribution >= 4 is 5.91 Å². The highest BCUT2D eigenvalue weighted by atomic mass is 16.5. The number of aromatic nitrogens is 2. The van der Waals surface area contributed by atoms with Crippen LogP contribution in [0.3, 0.4) is 0 Å². The summed E-state index contributed by atoms with van der Waals surface area (Å²) in [6, 6.07) is 9.53. The first-order chi connectivity index (χ1) is 13.6. The molecule has 4 rings (SSSR count). The van der Waals surface area contributed by atoms with Gasteiger partial charge < -0.3 is 14.6 Å². The molecular formula is C21H29N5O2. The highest BCUT2D eigenvalue weighted by molar-refractivity contribution is 5.77. The summed E-state index contributed by atoms with van der Waals surface area (Å²) < 4.78 is 5.64. The number of benzene rings is 1. The Kier molecular flexibility index (Phi) is 5.64. The zero-order valence-electron chi connectivity index (χ0n) is 16.5. The quantitative estimate of drug-likeness (QED) is 0.850. The largest absolute Gasteiger partial charge is 0.484 e. The van der Waals surface area contributed by atoms with Crippen molar-refractivity contribution in [2.75, 3.05) is 46.4 Å². The van der Waals surface area contributed by atoms with Gasteiger partial charge in [-0.05, 0) is 32.0 Å². The maximum atomic E-state index is 12.6. The fourth-order valence-corrected chi connectivity index (χ4v) is 4.36. The maximum absolute atomic E-state index is 12.6. The molecule has 2 aromatic rings. The minimum absolute atomic E-state index is 0.0754. The van der Waals surface area contributed by atoms with Crippen molar-refractivity contribution in [1.29, 1.82) is 0 Å². The summed E-state index contributed by atoms with van der Waals surface area (Å²) in [4.78, 5) is 26.9. The van der Waals surface area contributed by atoms with E-state index in [4.69, 9.17) is 4.74 Å². The molecule has 0 aliphatic carbocycles. The molecule has 28 heavy (non-hydrogen) atoms. The second kappa shape index (κ2) is 8.32. The van der Waals surface area contributed by atoms with Gasteiger partial charge in [0.15, 0.2) is 6.61 Å². The minimum Gasteiger partial charge on any atom is -0.484 e. The third kappa shape index (κ3) is 4.20. The van der Waals surface area contributed by atoms with E-state index in [1.807, 2.05) is 41.4 Å². The van der Waals surface area contributed by atoms with Crippen molar-refractivity contribution in [3.63, 3.8) is 0 Å². The average molecular weight is 383 g/mol. The van der Waals surface area contributed by atoms with Crippen LogP contribution >= 0.6 is 0 Å². The number of hydrogen-bond donors (Lipinski definition) is 1. The van der Waals surface area contributed by atoms with E-state index in [2.05, 4.69) is 26.8 Å². The molecule has 0 saturated carbocycles. The highest BCUT2D eigenvalue weighted by Gasteiger charge is 2.42. The molecule has 1 aromatic heterocycles. The lowest BCUT2D eigenvalue weighted by atomic mass is 9.83. The van der Waals surface area contributed by atoms with Crippen LogP contribution in [-0.4, -0.2) is 82.5 Å². The number of amides is 1. The third-order valence-corrected chi connectivity index (χ3v) is 6.18. The highest BCUT2D eigenvalue weighted by Crippen LogP contribution is 2.32. The molecule has 150 valence electrons. The molecule has 2 saturated heterocycles. The molecule has 1 amide bonds. The summed E-state index contributed by atoms with van der Waals surface area (Å²) in [6.07, 6.45) is 5.64. The molecule has 2 aliphatic rings. The molecule has 1 N–H and O–H groups in total. The number of aromatic amines is 1. The molecule has 1 aromatic carbocycles. The van der Waals surface area contributed by atoms with E-state index in [-0.39, 0.29) is 18.1 Å². The Morgan fingerprint density at radius 1 is 1.18 bits per heavy atom. The number of para-hydroxylation sites is 1. The fourth-order valence-electron chi connectivity index (χ4n) is 4.36. The van der Waals surface area contributed by atoms with E-state index in [1.165, 1.54) is 0 Å². The number of likely N-dealkylation sites (N-methyl/N-ethyl adjacent to an activating group) is 1. The molecule has 2 aliphatic heterocycles. The van der Waals surface area contributed by atoms with E-state index >= 15 is 0 Å². The lowest BCUT2D eigenvalue weighted by Crippen LogP contribution is -2.64. The number of piperazine rings is 1. The molecule has 3 heterocycles. The second-order valence-electron chi connectivity index (χ2n) is 7.92. The monoisotopic (exact) mass is 383 g/mol. The van der Waals surface area contributed by atoms with Crippen LogP contribution in [-0.2, 0) is 11.3 Å². The van der Waals surface area contributed by atoms with Crippen LogP contribution in [0.25, 0.3) is 0 Å². The summed E-state index contributed by atoms with van der Waals surface area (Å²) in [5, 5.41) is 0. The van der Waals surface area contributed by atoms with Gasteiger partial charge in [0.25, 0.3) is 5.91 Å². The molecule has 0 bridgehead atoms. The molecule has 2 fully saturated rings. The maximum Gasteiger partial charge on any atom is 0.260 e. The first-order valence-corrected chi connectivity index (χ1v) is 10.0. The minimum atomic E-state index is 0.0754. The van der Waals surface area contributed by atoms with Crippen molar-refractivity contribution in [3.05, 3.63) is 48.5 Å². The van der Waals surface area contributed by atoms with Crippen molar-refractivity contribution in [2.24, 2.45) is 0 Å². The third-order valence-electron chi connectivity index (χ3n) is 6.18. The summed E-state index contributed by atoms with van der Waals surface area (Å²) in [7, 11) is 2.23. The smallest absolute Gasteiger partial charge is 0.260 e. The van der Waals surface area contributed by atoms with Crippen molar-refractivity contribution in [2.45, 2.75) is 24.9 Å². The lowest BCUT2D eigenvalue weighted by molar-refractivity contribution is -0.137. The Morgan fingerprint density at radius 3 is 2.68 bits per heavy atom. The van der Waals surface area contributed by atoms with Gasteiger partial charge in [-0.3, -0.25) is 14.6 Å². The van der Waals surface area contributed by atoms with Gasteiger partial charge in [0.2, 0.25) is 0 Å². The Hall–Kier alpha value is -2.38. The summed E-state index contributed by atoms with van der Waals surface area (Å²) in [6.45, 7) is 5.75. The molecule has 0 radical (unpaired) electrons. The van der Waals surface area contributed by atoms with Gasteiger partial charge in [-0.25, -0.2) is 4.98 Å². The van der Waals surface area contributed by atoms with Gasteiger partial charge in [0.1, 0.15) is 5.75 Å². The average Bonchev–Trinajstić information content (AvgIpc) is 3.23. The van der Waals surface area contributed by atoms with E-state index in [1.54, 1.807) is 6.33 Å². The van der Waals surface area contributed by atoms with Gasteiger partial charge in [0, 0.05) is 56.7 Å². The van der Waals surface area contributed by atoms with E-state index in [0.717, 1.165) is 63.6 Å². The molecule has 0 unspecified atom stereocenters. The number of H-pyrrole nitrogens is 1. The normalized spacial score (nSPS) is 20.4. The number of imidazole rings is 1. The number of nitrogens with one attached hydrogen (secondary N) is 1. The van der Waals surface area contributed by atoms with Crippen LogP contribution in [0.1, 0.15) is 18.5 Å². The Morgan fingerprint density at radius 2 is 1.96 bits per heavy atom. The lowest BCUT2D eigenvalue weighted by Gasteiger charge is -2.53. The summed E-state index contributed by atoms with van der Waals surface area (Å²) >= 11 is 0. The second-order valence-corrected chi connectivity index (χ2v) is 7.92. The molecule has 1 spiro atoms. The number of rotatable bonds is 5. The van der Waals surface area contributed by atoms with Crippen LogP contribution < -0.4 is 4.74 Å². The van der Waals surface area contributed by atoms with Gasteiger partial charge in [-0.1, -0.05) is 18.2 Å². The summed E-state index contributed by atoms with van der Waals surface area (Å²) in [5.41, 5.74) is 1.31. The number of piperidine rings is 1. The number of carbonyl (C=O) groups excluding carboxylic acids is 1. The Bertz CT molecular complexity index is 756. The predicted molar refractivity (Wildman–Crippen MR) is 107 cm³/mol. The van der Waals surface area contributed by atoms with Gasteiger partial charge in [0.05, 0.1) is 6.33 Å². The zero-order chi connectivity index (χ0) is 19.4. The molecule has 7 heteroatoms. The SMILES string of the molecule is CN1CCN(Cc2cnc[nH]2)CC12CCN(C(=O)COc1ccccc1)CC2. The van der Waals surface area contributed by atoms with E-state index in [9.17, 15) is 4.79 Å². The molecule has 0 atom stereocenters. The first-order valence-electron chi connectivity index (χ1n) is 10.0. The van der Waals surface area contributed by atoms with Crippen LogP contribution in [0.2, 0.25) is 0 Å². The summed E-state index contributed by atoms with van der Waals surface area (Å²) in [5.74, 6) is 0.817. The van der Waals surface area contributed by atoms with Crippen molar-refractivity contribution in [1.82, 2.24) is 24.7 Å². The molecule has 7 nitrogen and oxygen atoms in total. The number of carbonyl (C=O) groups is 1. The number of hydrogen-bond acceptors (Lipinski definition) is 5. The van der Waals surface area contributed by atoms with E-state index < -0.39 is 0 Å². The van der Waals surface area contributed by atoms with Gasteiger partial charge >= 0.3 is 0 Å². The van der Waals surface area contributed by atoms with Gasteiger partial charge in [-0.2, -0.15) is 0 Å². The Balaban J connectivity index is 1.30. The first kappa shape index (κ1) is 19.0. The standard InChI is InChI=1S/C21H29N5O2/c1-24-11-12-25(14-18-13-22-17-23-18)16-21(24)7-9-26(10-8-21)20(27)15-28-19-5-3-2-4-6-19/h2-6,13,17H,7-12,14-16H2,1H3,(H,22,23). The predicted octanol–water partition coefficient (Wildman–Crippen LogP) is 1.60. The van der Waals surface area contributed by atoms with Crippen LogP contribution in [0.4, 0.5) is 0 Å². The van der Waals surface area contributed by atoms with Crippen molar-refractivity contribution in [3.8, 4) is 5.75 Å². The number of likely N-dealkylation sites (tertiary alicyclic amines) is 1. The van der Waals surface area contributed by atoms with Crippen LogP contribution in [0.15, 0.2) is 42.9 Å². The number of nitrogens with zero attached hydrogens (tertiary/aromatic N) is 4. The zero-order valence-corrected chi connectivity index (χ0v) is 16.5. The van der Waals surface area contributed by atoms with Gasteiger partial charge in [-0.15, -0.1) is 0 Å². The van der Waals surface area contributed by atoms with E-state index in [0.29, 0.717) is 0 Å². The van der Waals surface area contributed by atoms with Crippen LogP contribution in [0, 0.1) is 0 Å². The fraction of sp³-hybridized carbons (Fsp3) is 0.524.